The van der Waals surface area contributed by atoms with Crippen molar-refractivity contribution in [2.45, 2.75) is 30.1 Å². The van der Waals surface area contributed by atoms with Gasteiger partial charge < -0.3 is 4.74 Å². The van der Waals surface area contributed by atoms with E-state index in [2.05, 4.69) is 4.90 Å². The van der Waals surface area contributed by atoms with Gasteiger partial charge in [0.1, 0.15) is 0 Å². The predicted molar refractivity (Wildman–Crippen MR) is 86.3 cm³/mol. The van der Waals surface area contributed by atoms with Gasteiger partial charge in [0.05, 0.1) is 24.0 Å². The fraction of sp³-hybridized carbons (Fsp3) is 0.588. The van der Waals surface area contributed by atoms with Gasteiger partial charge in [-0.05, 0) is 43.5 Å². The molecule has 3 saturated heterocycles. The van der Waals surface area contributed by atoms with Crippen LogP contribution in [0.1, 0.15) is 24.0 Å². The fourth-order valence-electron chi connectivity index (χ4n) is 3.67. The van der Waals surface area contributed by atoms with Crippen LogP contribution in [0.25, 0.3) is 0 Å². The molecule has 4 rings (SSSR count). The summed E-state index contributed by atoms with van der Waals surface area (Å²) in [6.07, 6.45) is -2.36. The molecule has 0 unspecified atom stereocenters. The number of halogens is 3. The predicted octanol–water partition coefficient (Wildman–Crippen LogP) is 3.78. The van der Waals surface area contributed by atoms with Crippen molar-refractivity contribution >= 4 is 17.7 Å². The number of piperidine rings is 3. The molecule has 2 bridgehead atoms. The molecule has 2 atom stereocenters. The molecule has 0 radical (unpaired) electrons. The van der Waals surface area contributed by atoms with E-state index in [9.17, 15) is 18.0 Å². The maximum absolute atomic E-state index is 12.8. The van der Waals surface area contributed by atoms with Crippen LogP contribution in [0.5, 0.6) is 0 Å². The summed E-state index contributed by atoms with van der Waals surface area (Å²) in [6.45, 7) is 1.89. The number of ether oxygens (including phenoxy) is 1. The molecular weight excluding hydrogens is 339 g/mol. The van der Waals surface area contributed by atoms with E-state index in [4.69, 9.17) is 4.74 Å². The summed E-state index contributed by atoms with van der Waals surface area (Å²) in [7, 11) is 1.40. The average Bonchev–Trinajstić information content (AvgIpc) is 2.59. The number of hydrogen-bond donors (Lipinski definition) is 0. The quantitative estimate of drug-likeness (QED) is 0.766. The molecule has 3 aliphatic rings. The molecule has 0 saturated carbocycles. The SMILES string of the molecule is COC(=O)[C@H]1C2CCN(CC2)[C@@H]1SCc1cccc(C(F)(F)F)c1. The van der Waals surface area contributed by atoms with Crippen molar-refractivity contribution in [2.24, 2.45) is 11.8 Å². The van der Waals surface area contributed by atoms with E-state index >= 15 is 0 Å². The van der Waals surface area contributed by atoms with Crippen molar-refractivity contribution in [2.75, 3.05) is 20.2 Å². The van der Waals surface area contributed by atoms with Crippen LogP contribution in [0.15, 0.2) is 24.3 Å². The Kier molecular flexibility index (Phi) is 5.11. The Labute approximate surface area is 143 Å². The van der Waals surface area contributed by atoms with Crippen LogP contribution in [0.4, 0.5) is 13.2 Å². The second-order valence-electron chi connectivity index (χ2n) is 6.32. The lowest BCUT2D eigenvalue weighted by molar-refractivity contribution is -0.153. The van der Waals surface area contributed by atoms with Gasteiger partial charge in [0.25, 0.3) is 0 Å². The fourth-order valence-corrected chi connectivity index (χ4v) is 5.17. The molecular formula is C17H20F3NO2S. The molecule has 132 valence electrons. The lowest BCUT2D eigenvalue weighted by Crippen LogP contribution is -2.55. The Morgan fingerprint density at radius 1 is 1.33 bits per heavy atom. The van der Waals surface area contributed by atoms with Gasteiger partial charge in [0.15, 0.2) is 0 Å². The molecule has 3 fully saturated rings. The molecule has 3 nitrogen and oxygen atoms in total. The van der Waals surface area contributed by atoms with Gasteiger partial charge in [-0.1, -0.05) is 18.2 Å². The molecule has 3 aliphatic heterocycles. The normalized spacial score (nSPS) is 29.5. The molecule has 24 heavy (non-hydrogen) atoms. The number of carbonyl (C=O) groups excluding carboxylic acids is 1. The summed E-state index contributed by atoms with van der Waals surface area (Å²) in [5.41, 5.74) is -0.00308. The first kappa shape index (κ1) is 17.6. The number of benzene rings is 1. The van der Waals surface area contributed by atoms with Gasteiger partial charge in [0.2, 0.25) is 0 Å². The second kappa shape index (κ2) is 6.96. The number of carbonyl (C=O) groups is 1. The smallest absolute Gasteiger partial charge is 0.416 e. The maximum Gasteiger partial charge on any atom is 0.416 e. The number of nitrogens with zero attached hydrogens (tertiary/aromatic N) is 1. The van der Waals surface area contributed by atoms with E-state index in [0.29, 0.717) is 17.2 Å². The third-order valence-corrected chi connectivity index (χ3v) is 6.33. The van der Waals surface area contributed by atoms with Crippen LogP contribution in [0.3, 0.4) is 0 Å². The minimum atomic E-state index is -4.33. The monoisotopic (exact) mass is 359 g/mol. The maximum atomic E-state index is 12.8. The van der Waals surface area contributed by atoms with Gasteiger partial charge >= 0.3 is 12.1 Å². The second-order valence-corrected chi connectivity index (χ2v) is 7.43. The number of rotatable bonds is 4. The van der Waals surface area contributed by atoms with Crippen LogP contribution in [-0.2, 0) is 21.5 Å². The highest BCUT2D eigenvalue weighted by atomic mass is 32.2. The highest BCUT2D eigenvalue weighted by Gasteiger charge is 2.46. The summed E-state index contributed by atoms with van der Waals surface area (Å²) < 4.78 is 43.4. The Hall–Kier alpha value is -1.21. The van der Waals surface area contributed by atoms with Crippen molar-refractivity contribution in [3.8, 4) is 0 Å². The van der Waals surface area contributed by atoms with E-state index in [1.807, 2.05) is 0 Å². The summed E-state index contributed by atoms with van der Waals surface area (Å²) >= 11 is 1.54. The first-order valence-corrected chi connectivity index (χ1v) is 9.04. The van der Waals surface area contributed by atoms with Gasteiger partial charge in [-0.3, -0.25) is 9.69 Å². The largest absolute Gasteiger partial charge is 0.469 e. The summed E-state index contributed by atoms with van der Waals surface area (Å²) in [6, 6.07) is 5.41. The molecule has 0 spiro atoms. The van der Waals surface area contributed by atoms with Crippen LogP contribution in [0, 0.1) is 11.8 Å². The molecule has 1 aromatic rings. The van der Waals surface area contributed by atoms with Crippen LogP contribution in [0.2, 0.25) is 0 Å². The average molecular weight is 359 g/mol. The molecule has 0 amide bonds. The van der Waals surface area contributed by atoms with Gasteiger partial charge in [0, 0.05) is 5.75 Å². The van der Waals surface area contributed by atoms with E-state index in [1.165, 1.54) is 19.2 Å². The van der Waals surface area contributed by atoms with Crippen molar-refractivity contribution in [3.63, 3.8) is 0 Å². The Bertz CT molecular complexity index is 600. The highest BCUT2D eigenvalue weighted by molar-refractivity contribution is 7.99. The number of thioether (sulfide) groups is 1. The van der Waals surface area contributed by atoms with E-state index in [-0.39, 0.29) is 17.3 Å². The van der Waals surface area contributed by atoms with E-state index < -0.39 is 11.7 Å². The van der Waals surface area contributed by atoms with Gasteiger partial charge in [-0.15, -0.1) is 11.8 Å². The molecule has 7 heteroatoms. The standard InChI is InChI=1S/C17H20F3NO2S/c1-23-16(22)14-12-5-7-21(8-6-12)15(14)24-10-11-3-2-4-13(9-11)17(18,19)20/h2-4,9,12,14-15H,5-8,10H2,1H3/t14-,15+/m0/s1. The summed E-state index contributed by atoms with van der Waals surface area (Å²) in [5, 5.41) is -0.0144. The zero-order valence-corrected chi connectivity index (χ0v) is 14.2. The Morgan fingerprint density at radius 3 is 2.67 bits per heavy atom. The zero-order chi connectivity index (χ0) is 17.3. The zero-order valence-electron chi connectivity index (χ0n) is 13.4. The lowest BCUT2D eigenvalue weighted by atomic mass is 9.79. The third-order valence-electron chi connectivity index (χ3n) is 4.90. The molecule has 0 N–H and O–H groups in total. The summed E-state index contributed by atoms with van der Waals surface area (Å²) in [4.78, 5) is 14.4. The molecule has 0 aromatic heterocycles. The molecule has 1 aromatic carbocycles. The van der Waals surface area contributed by atoms with Gasteiger partial charge in [-0.25, -0.2) is 0 Å². The number of fused-ring (bicyclic) bond motifs is 3. The minimum Gasteiger partial charge on any atom is -0.469 e. The third kappa shape index (κ3) is 3.57. The summed E-state index contributed by atoms with van der Waals surface area (Å²) in [5.74, 6) is 0.381. The number of esters is 1. The van der Waals surface area contributed by atoms with Crippen LogP contribution < -0.4 is 0 Å². The van der Waals surface area contributed by atoms with Crippen molar-refractivity contribution in [3.05, 3.63) is 35.4 Å². The van der Waals surface area contributed by atoms with Crippen molar-refractivity contribution < 1.29 is 22.7 Å². The number of alkyl halides is 3. The molecule has 0 aliphatic carbocycles. The van der Waals surface area contributed by atoms with Crippen LogP contribution in [-0.4, -0.2) is 36.4 Å². The Balaban J connectivity index is 1.72. The van der Waals surface area contributed by atoms with Crippen molar-refractivity contribution in [1.82, 2.24) is 4.90 Å². The Morgan fingerprint density at radius 2 is 2.04 bits per heavy atom. The highest BCUT2D eigenvalue weighted by Crippen LogP contribution is 2.43. The first-order chi connectivity index (χ1) is 11.4. The molecule has 3 heterocycles. The van der Waals surface area contributed by atoms with Crippen LogP contribution >= 0.6 is 11.8 Å². The van der Waals surface area contributed by atoms with Gasteiger partial charge in [-0.2, -0.15) is 13.2 Å². The number of hydrogen-bond acceptors (Lipinski definition) is 4. The first-order valence-electron chi connectivity index (χ1n) is 8.00. The van der Waals surface area contributed by atoms with Crippen molar-refractivity contribution in [1.29, 1.82) is 0 Å². The number of methoxy groups -OCH3 is 1. The topological polar surface area (TPSA) is 29.5 Å². The lowest BCUT2D eigenvalue weighted by Gasteiger charge is -2.49. The van der Waals surface area contributed by atoms with E-state index in [1.54, 1.807) is 17.8 Å². The minimum absolute atomic E-state index is 0.0144. The van der Waals surface area contributed by atoms with E-state index in [0.717, 1.165) is 32.0 Å².